The minimum absolute atomic E-state index is 0.0878. The summed E-state index contributed by atoms with van der Waals surface area (Å²) >= 11 is 6.18. The van der Waals surface area contributed by atoms with E-state index in [4.69, 9.17) is 16.3 Å². The maximum absolute atomic E-state index is 12.1. The molecule has 1 saturated heterocycles. The van der Waals surface area contributed by atoms with Crippen LogP contribution in [-0.2, 0) is 9.53 Å². The molecule has 2 fully saturated rings. The molecule has 2 aliphatic rings. The molecule has 96 valence electrons. The van der Waals surface area contributed by atoms with E-state index in [1.54, 1.807) is 0 Å². The zero-order valence-electron chi connectivity index (χ0n) is 10.1. The number of morpholine rings is 1. The Balaban J connectivity index is 1.73. The fourth-order valence-corrected chi connectivity index (χ4v) is 2.62. The molecule has 3 nitrogen and oxygen atoms in total. The van der Waals surface area contributed by atoms with Gasteiger partial charge in [-0.15, -0.1) is 0 Å². The molecule has 0 aromatic heterocycles. The van der Waals surface area contributed by atoms with Crippen molar-refractivity contribution in [2.24, 2.45) is 5.92 Å². The minimum Gasteiger partial charge on any atom is -0.370 e. The standard InChI is InChI=1S/C14H16ClNO2/c15-12-4-2-1-3-11(12)13-9-16(7-8-18-13)14(17)10-5-6-10/h1-4,10,13H,5-9H2. The average molecular weight is 266 g/mol. The first-order valence-corrected chi connectivity index (χ1v) is 6.78. The molecular formula is C14H16ClNO2. The van der Waals surface area contributed by atoms with E-state index >= 15 is 0 Å². The van der Waals surface area contributed by atoms with Crippen LogP contribution in [-0.4, -0.2) is 30.5 Å². The van der Waals surface area contributed by atoms with Crippen molar-refractivity contribution in [3.8, 4) is 0 Å². The van der Waals surface area contributed by atoms with E-state index in [2.05, 4.69) is 0 Å². The first-order chi connectivity index (χ1) is 8.75. The van der Waals surface area contributed by atoms with Crippen LogP contribution in [0.4, 0.5) is 0 Å². The normalized spacial score (nSPS) is 24.1. The first-order valence-electron chi connectivity index (χ1n) is 6.40. The highest BCUT2D eigenvalue weighted by molar-refractivity contribution is 6.31. The highest BCUT2D eigenvalue weighted by Crippen LogP contribution is 2.34. The minimum atomic E-state index is -0.0878. The highest BCUT2D eigenvalue weighted by Gasteiger charge is 2.36. The average Bonchev–Trinajstić information content (AvgIpc) is 3.23. The van der Waals surface area contributed by atoms with Crippen molar-refractivity contribution in [1.29, 1.82) is 0 Å². The number of nitrogens with zero attached hydrogens (tertiary/aromatic N) is 1. The van der Waals surface area contributed by atoms with Crippen LogP contribution >= 0.6 is 11.6 Å². The summed E-state index contributed by atoms with van der Waals surface area (Å²) in [5.74, 6) is 0.561. The predicted molar refractivity (Wildman–Crippen MR) is 69.4 cm³/mol. The molecule has 1 aliphatic carbocycles. The summed E-state index contributed by atoms with van der Waals surface area (Å²) in [5.41, 5.74) is 0.979. The van der Waals surface area contributed by atoms with Gasteiger partial charge in [0.15, 0.2) is 0 Å². The zero-order valence-corrected chi connectivity index (χ0v) is 10.9. The molecule has 1 atom stereocenters. The lowest BCUT2D eigenvalue weighted by Gasteiger charge is -2.33. The second-order valence-electron chi connectivity index (χ2n) is 4.94. The van der Waals surface area contributed by atoms with Crippen molar-refractivity contribution in [3.63, 3.8) is 0 Å². The Morgan fingerprint density at radius 1 is 1.33 bits per heavy atom. The van der Waals surface area contributed by atoms with Gasteiger partial charge in [0.1, 0.15) is 6.10 Å². The summed E-state index contributed by atoms with van der Waals surface area (Å²) in [6.45, 7) is 1.92. The molecule has 1 amide bonds. The topological polar surface area (TPSA) is 29.5 Å². The van der Waals surface area contributed by atoms with Gasteiger partial charge in [-0.2, -0.15) is 0 Å². The van der Waals surface area contributed by atoms with E-state index < -0.39 is 0 Å². The number of hydrogen-bond acceptors (Lipinski definition) is 2. The lowest BCUT2D eigenvalue weighted by Crippen LogP contribution is -2.43. The van der Waals surface area contributed by atoms with E-state index in [0.29, 0.717) is 24.7 Å². The number of ether oxygens (including phenoxy) is 1. The SMILES string of the molecule is O=C(C1CC1)N1CCOC(c2ccccc2Cl)C1. The summed E-state index contributed by atoms with van der Waals surface area (Å²) in [4.78, 5) is 14.0. The molecule has 1 unspecified atom stereocenters. The summed E-state index contributed by atoms with van der Waals surface area (Å²) in [7, 11) is 0. The van der Waals surface area contributed by atoms with E-state index in [1.165, 1.54) is 0 Å². The van der Waals surface area contributed by atoms with Crippen LogP contribution in [0.25, 0.3) is 0 Å². The third kappa shape index (κ3) is 2.38. The predicted octanol–water partition coefficient (Wildman–Crippen LogP) is 2.65. The van der Waals surface area contributed by atoms with Gasteiger partial charge in [0, 0.05) is 23.0 Å². The molecular weight excluding hydrogens is 250 g/mol. The molecule has 1 saturated carbocycles. The van der Waals surface area contributed by atoms with Gasteiger partial charge < -0.3 is 9.64 Å². The number of amides is 1. The maximum Gasteiger partial charge on any atom is 0.225 e. The Labute approximate surface area is 112 Å². The third-order valence-corrected chi connectivity index (χ3v) is 3.90. The highest BCUT2D eigenvalue weighted by atomic mass is 35.5. The van der Waals surface area contributed by atoms with Crippen molar-refractivity contribution >= 4 is 17.5 Å². The molecule has 1 aliphatic heterocycles. The number of carbonyl (C=O) groups excluding carboxylic acids is 1. The first kappa shape index (κ1) is 12.0. The van der Waals surface area contributed by atoms with Gasteiger partial charge in [0.05, 0.1) is 13.2 Å². The zero-order chi connectivity index (χ0) is 12.5. The largest absolute Gasteiger partial charge is 0.370 e. The molecule has 3 rings (SSSR count). The molecule has 0 radical (unpaired) electrons. The number of rotatable bonds is 2. The lowest BCUT2D eigenvalue weighted by molar-refractivity contribution is -0.140. The van der Waals surface area contributed by atoms with Gasteiger partial charge in [-0.3, -0.25) is 4.79 Å². The van der Waals surface area contributed by atoms with Gasteiger partial charge in [-0.05, 0) is 18.9 Å². The summed E-state index contributed by atoms with van der Waals surface area (Å²) < 4.78 is 5.75. The van der Waals surface area contributed by atoms with Crippen LogP contribution in [0.1, 0.15) is 24.5 Å². The van der Waals surface area contributed by atoms with Crippen molar-refractivity contribution in [1.82, 2.24) is 4.90 Å². The molecule has 4 heteroatoms. The van der Waals surface area contributed by atoms with Gasteiger partial charge in [-0.1, -0.05) is 29.8 Å². The summed E-state index contributed by atoms with van der Waals surface area (Å²) in [5, 5.41) is 0.711. The van der Waals surface area contributed by atoms with E-state index in [0.717, 1.165) is 18.4 Å². The quantitative estimate of drug-likeness (QED) is 0.823. The summed E-state index contributed by atoms with van der Waals surface area (Å²) in [6.07, 6.45) is 2.01. The molecule has 1 heterocycles. The van der Waals surface area contributed by atoms with Crippen molar-refractivity contribution in [3.05, 3.63) is 34.9 Å². The Kier molecular flexibility index (Phi) is 3.27. The Bertz CT molecular complexity index is 459. The molecule has 0 N–H and O–H groups in total. The van der Waals surface area contributed by atoms with Crippen molar-refractivity contribution in [2.45, 2.75) is 18.9 Å². The maximum atomic E-state index is 12.1. The smallest absolute Gasteiger partial charge is 0.225 e. The Hall–Kier alpha value is -1.06. The third-order valence-electron chi connectivity index (χ3n) is 3.56. The van der Waals surface area contributed by atoms with E-state index in [1.807, 2.05) is 29.2 Å². The van der Waals surface area contributed by atoms with Crippen LogP contribution in [0.15, 0.2) is 24.3 Å². The lowest BCUT2D eigenvalue weighted by atomic mass is 10.1. The molecule has 1 aromatic rings. The van der Waals surface area contributed by atoms with Crippen molar-refractivity contribution in [2.75, 3.05) is 19.7 Å². The van der Waals surface area contributed by atoms with Crippen LogP contribution in [0.5, 0.6) is 0 Å². The number of hydrogen-bond donors (Lipinski definition) is 0. The monoisotopic (exact) mass is 265 g/mol. The van der Waals surface area contributed by atoms with Gasteiger partial charge in [0.25, 0.3) is 0 Å². The molecule has 1 aromatic carbocycles. The number of carbonyl (C=O) groups is 1. The second-order valence-corrected chi connectivity index (χ2v) is 5.35. The number of benzene rings is 1. The van der Waals surface area contributed by atoms with Gasteiger partial charge in [-0.25, -0.2) is 0 Å². The van der Waals surface area contributed by atoms with Crippen LogP contribution in [0, 0.1) is 5.92 Å². The van der Waals surface area contributed by atoms with Crippen molar-refractivity contribution < 1.29 is 9.53 Å². The second kappa shape index (κ2) is 4.90. The van der Waals surface area contributed by atoms with Crippen LogP contribution in [0.2, 0.25) is 5.02 Å². The Morgan fingerprint density at radius 3 is 2.83 bits per heavy atom. The van der Waals surface area contributed by atoms with Crippen LogP contribution in [0.3, 0.4) is 0 Å². The van der Waals surface area contributed by atoms with E-state index in [-0.39, 0.29) is 17.9 Å². The summed E-state index contributed by atoms with van der Waals surface area (Å²) in [6, 6.07) is 7.69. The van der Waals surface area contributed by atoms with Gasteiger partial charge >= 0.3 is 0 Å². The van der Waals surface area contributed by atoms with Gasteiger partial charge in [0.2, 0.25) is 5.91 Å². The number of halogens is 1. The van der Waals surface area contributed by atoms with Crippen LogP contribution < -0.4 is 0 Å². The Morgan fingerprint density at radius 2 is 2.11 bits per heavy atom. The fourth-order valence-electron chi connectivity index (χ4n) is 2.36. The molecule has 18 heavy (non-hydrogen) atoms. The fraction of sp³-hybridized carbons (Fsp3) is 0.500. The molecule has 0 bridgehead atoms. The molecule has 0 spiro atoms. The van der Waals surface area contributed by atoms with E-state index in [9.17, 15) is 4.79 Å².